The van der Waals surface area contributed by atoms with Gasteiger partial charge in [0.15, 0.2) is 0 Å². The smallest absolute Gasteiger partial charge is 0.426 e. The second-order valence-electron chi connectivity index (χ2n) is 8.76. The Hall–Kier alpha value is -4.07. The number of hydrazine groups is 1. The van der Waals surface area contributed by atoms with E-state index in [-0.39, 0.29) is 5.92 Å². The van der Waals surface area contributed by atoms with Gasteiger partial charge in [0.25, 0.3) is 0 Å². The maximum Gasteiger partial charge on any atom is 0.426 e. The summed E-state index contributed by atoms with van der Waals surface area (Å²) in [7, 11) is 3.55. The molecule has 0 radical (unpaired) electrons. The van der Waals surface area contributed by atoms with Gasteiger partial charge in [0, 0.05) is 31.4 Å². The average Bonchev–Trinajstić information content (AvgIpc) is 2.86. The van der Waals surface area contributed by atoms with Crippen molar-refractivity contribution in [2.24, 2.45) is 5.92 Å². The van der Waals surface area contributed by atoms with Crippen molar-refractivity contribution in [3.8, 4) is 16.9 Å². The Kier molecular flexibility index (Phi) is 8.67. The van der Waals surface area contributed by atoms with Crippen LogP contribution in [0.1, 0.15) is 25.8 Å². The lowest BCUT2D eigenvalue weighted by Crippen LogP contribution is -2.45. The van der Waals surface area contributed by atoms with Crippen LogP contribution in [0.4, 0.5) is 16.3 Å². The number of aromatic nitrogens is 1. The van der Waals surface area contributed by atoms with E-state index in [0.717, 1.165) is 28.5 Å². The topological polar surface area (TPSA) is 95.0 Å². The van der Waals surface area contributed by atoms with Crippen LogP contribution in [0.5, 0.6) is 5.75 Å². The molecule has 2 aromatic carbocycles. The molecule has 0 spiro atoms. The van der Waals surface area contributed by atoms with Gasteiger partial charge in [-0.15, -0.1) is 0 Å². The number of nitrogens with one attached hydrogen (secondary N) is 1. The van der Waals surface area contributed by atoms with Gasteiger partial charge in [-0.1, -0.05) is 44.2 Å². The number of carboxylic acid groups (broad SMARTS) is 1. The van der Waals surface area contributed by atoms with Gasteiger partial charge < -0.3 is 19.5 Å². The Morgan fingerprint density at radius 2 is 1.89 bits per heavy atom. The number of hydrogen-bond donors (Lipinski definition) is 2. The fourth-order valence-electron chi connectivity index (χ4n) is 3.85. The quantitative estimate of drug-likeness (QED) is 0.286. The molecule has 1 amide bonds. The predicted molar refractivity (Wildman–Crippen MR) is 138 cm³/mol. The number of anilines is 2. The van der Waals surface area contributed by atoms with E-state index in [9.17, 15) is 14.7 Å². The Balaban J connectivity index is 1.84. The highest BCUT2D eigenvalue weighted by Gasteiger charge is 2.24. The van der Waals surface area contributed by atoms with E-state index >= 15 is 0 Å². The first-order valence-corrected chi connectivity index (χ1v) is 11.5. The molecule has 0 saturated heterocycles. The Labute approximate surface area is 206 Å². The van der Waals surface area contributed by atoms with Crippen molar-refractivity contribution in [3.05, 3.63) is 72.4 Å². The van der Waals surface area contributed by atoms with Crippen molar-refractivity contribution in [1.82, 2.24) is 9.99 Å². The highest BCUT2D eigenvalue weighted by molar-refractivity contribution is 5.77. The molecular weight excluding hydrogens is 444 g/mol. The van der Waals surface area contributed by atoms with Crippen LogP contribution in [0.3, 0.4) is 0 Å². The molecule has 1 aromatic heterocycles. The summed E-state index contributed by atoms with van der Waals surface area (Å²) in [6.07, 6.45) is 1.58. The van der Waals surface area contributed by atoms with Gasteiger partial charge in [-0.05, 0) is 47.7 Å². The summed E-state index contributed by atoms with van der Waals surface area (Å²) in [4.78, 5) is 30.0. The van der Waals surface area contributed by atoms with Crippen molar-refractivity contribution >= 4 is 23.9 Å². The molecule has 0 fully saturated rings. The molecule has 0 aliphatic rings. The molecule has 8 heteroatoms. The third kappa shape index (κ3) is 6.72. The summed E-state index contributed by atoms with van der Waals surface area (Å²) < 4.78 is 5.62. The van der Waals surface area contributed by atoms with Crippen LogP contribution in [0.15, 0.2) is 66.9 Å². The third-order valence-corrected chi connectivity index (χ3v) is 5.57. The zero-order valence-electron chi connectivity index (χ0n) is 20.5. The number of amides is 1. The van der Waals surface area contributed by atoms with E-state index in [2.05, 4.69) is 27.4 Å². The van der Waals surface area contributed by atoms with Crippen molar-refractivity contribution in [2.75, 3.05) is 24.5 Å². The lowest BCUT2D eigenvalue weighted by molar-refractivity contribution is -0.112. The molecule has 35 heavy (non-hydrogen) atoms. The first kappa shape index (κ1) is 25.6. The van der Waals surface area contributed by atoms with Gasteiger partial charge in [0.05, 0.1) is 12.8 Å². The highest BCUT2D eigenvalue weighted by atomic mass is 16.5. The Bertz CT molecular complexity index is 1140. The molecule has 0 bridgehead atoms. The number of aldehydes is 1. The number of benzene rings is 2. The number of methoxy groups -OCH3 is 1. The largest absolute Gasteiger partial charge is 0.496 e. The zero-order chi connectivity index (χ0) is 25.4. The van der Waals surface area contributed by atoms with Crippen molar-refractivity contribution in [3.63, 3.8) is 0 Å². The van der Waals surface area contributed by atoms with Crippen molar-refractivity contribution in [1.29, 1.82) is 0 Å². The summed E-state index contributed by atoms with van der Waals surface area (Å²) in [5.41, 5.74) is 6.29. The summed E-state index contributed by atoms with van der Waals surface area (Å²) in [6.45, 7) is 4.60. The van der Waals surface area contributed by atoms with Crippen LogP contribution in [0, 0.1) is 5.92 Å². The summed E-state index contributed by atoms with van der Waals surface area (Å²) in [5.74, 6) is 1.54. The number of ether oxygens (including phenoxy) is 1. The van der Waals surface area contributed by atoms with Crippen molar-refractivity contribution < 1.29 is 19.4 Å². The average molecular weight is 477 g/mol. The van der Waals surface area contributed by atoms with E-state index in [1.165, 1.54) is 5.56 Å². The first-order chi connectivity index (χ1) is 16.8. The predicted octanol–water partition coefficient (Wildman–Crippen LogP) is 5.31. The maximum atomic E-state index is 11.8. The normalized spacial score (nSPS) is 11.6. The number of hydrogen-bond acceptors (Lipinski definition) is 6. The number of carbonyl (C=O) groups is 2. The molecule has 3 aromatic rings. The monoisotopic (exact) mass is 476 g/mol. The van der Waals surface area contributed by atoms with Crippen LogP contribution in [-0.2, 0) is 11.3 Å². The highest BCUT2D eigenvalue weighted by Crippen LogP contribution is 2.34. The molecule has 1 unspecified atom stereocenters. The SMILES string of the molecule is COc1cc(NN(C(=O)O)C(C=O)CC(C)C)ccc1-c1ccnc(N(C)Cc2ccccc2)c1. The fraction of sp³-hybridized carbons (Fsp3) is 0.296. The van der Waals surface area contributed by atoms with Gasteiger partial charge in [-0.3, -0.25) is 5.43 Å². The summed E-state index contributed by atoms with van der Waals surface area (Å²) in [6, 6.07) is 18.6. The Morgan fingerprint density at radius 1 is 1.14 bits per heavy atom. The molecule has 0 saturated carbocycles. The summed E-state index contributed by atoms with van der Waals surface area (Å²) in [5, 5.41) is 10.6. The molecule has 3 rings (SSSR count). The minimum atomic E-state index is -1.23. The molecule has 0 aliphatic heterocycles. The van der Waals surface area contributed by atoms with E-state index < -0.39 is 12.1 Å². The zero-order valence-corrected chi connectivity index (χ0v) is 20.5. The van der Waals surface area contributed by atoms with Crippen LogP contribution in [-0.4, -0.2) is 47.7 Å². The second-order valence-corrected chi connectivity index (χ2v) is 8.76. The number of rotatable bonds is 11. The van der Waals surface area contributed by atoms with E-state index in [1.54, 1.807) is 25.4 Å². The first-order valence-electron chi connectivity index (χ1n) is 11.5. The molecule has 0 aliphatic carbocycles. The maximum absolute atomic E-state index is 11.8. The van der Waals surface area contributed by atoms with Gasteiger partial charge in [0.1, 0.15) is 23.9 Å². The fourth-order valence-corrected chi connectivity index (χ4v) is 3.85. The number of nitrogens with zero attached hydrogens (tertiary/aromatic N) is 3. The lowest BCUT2D eigenvalue weighted by atomic mass is 10.0. The van der Waals surface area contributed by atoms with Crippen LogP contribution in [0.25, 0.3) is 11.1 Å². The van der Waals surface area contributed by atoms with Gasteiger partial charge in [0.2, 0.25) is 0 Å². The van der Waals surface area contributed by atoms with Crippen LogP contribution >= 0.6 is 0 Å². The molecule has 1 atom stereocenters. The molecule has 2 N–H and O–H groups in total. The van der Waals surface area contributed by atoms with Gasteiger partial charge >= 0.3 is 6.09 Å². The van der Waals surface area contributed by atoms with Crippen LogP contribution in [0.2, 0.25) is 0 Å². The van der Waals surface area contributed by atoms with E-state index in [1.807, 2.05) is 57.3 Å². The lowest BCUT2D eigenvalue weighted by Gasteiger charge is -2.28. The minimum Gasteiger partial charge on any atom is -0.496 e. The standard InChI is InChI=1S/C27H32N4O4/c1-19(2)14-23(18-32)31(27(33)34)29-22-10-11-24(25(16-22)35-4)21-12-13-28-26(15-21)30(3)17-20-8-6-5-7-9-20/h5-13,15-16,18-19,23,29H,14,17H2,1-4H3,(H,33,34). The van der Waals surface area contributed by atoms with Gasteiger partial charge in [-0.25, -0.2) is 14.8 Å². The second kappa shape index (κ2) is 11.9. The number of pyridine rings is 1. The number of carbonyl (C=O) groups excluding carboxylic acids is 1. The van der Waals surface area contributed by atoms with Crippen LogP contribution < -0.4 is 15.1 Å². The van der Waals surface area contributed by atoms with E-state index in [4.69, 9.17) is 4.74 Å². The Morgan fingerprint density at radius 3 is 2.51 bits per heavy atom. The molecule has 184 valence electrons. The third-order valence-electron chi connectivity index (χ3n) is 5.57. The molecule has 1 heterocycles. The molecule has 8 nitrogen and oxygen atoms in total. The minimum absolute atomic E-state index is 0.159. The van der Waals surface area contributed by atoms with Gasteiger partial charge in [-0.2, -0.15) is 0 Å². The van der Waals surface area contributed by atoms with Crippen molar-refractivity contribution in [2.45, 2.75) is 32.9 Å². The van der Waals surface area contributed by atoms with E-state index in [0.29, 0.717) is 24.1 Å². The molecular formula is C27H32N4O4. The summed E-state index contributed by atoms with van der Waals surface area (Å²) >= 11 is 0.